The molecule has 0 aliphatic carbocycles. The first-order valence-electron chi connectivity index (χ1n) is 8.03. The Morgan fingerprint density at radius 1 is 1.16 bits per heavy atom. The van der Waals surface area contributed by atoms with Crippen molar-refractivity contribution in [2.24, 2.45) is 0 Å². The molecule has 0 heterocycles. The summed E-state index contributed by atoms with van der Waals surface area (Å²) in [6, 6.07) is 11.1. The topological polar surface area (TPSA) is 58.2 Å². The van der Waals surface area contributed by atoms with Crippen LogP contribution in [0.15, 0.2) is 46.9 Å². The number of halogens is 2. The molecule has 0 aliphatic rings. The minimum absolute atomic E-state index is 0.0983. The smallest absolute Gasteiger partial charge is 0.252 e. The van der Waals surface area contributed by atoms with Crippen LogP contribution >= 0.6 is 15.9 Å². The van der Waals surface area contributed by atoms with E-state index in [4.69, 9.17) is 0 Å². The molecule has 0 fully saturated rings. The van der Waals surface area contributed by atoms with E-state index in [0.717, 1.165) is 12.0 Å². The minimum atomic E-state index is -0.475. The number of rotatable bonds is 6. The van der Waals surface area contributed by atoms with E-state index in [1.807, 2.05) is 19.9 Å². The molecule has 4 nitrogen and oxygen atoms in total. The maximum absolute atomic E-state index is 13.3. The van der Waals surface area contributed by atoms with Crippen molar-refractivity contribution < 1.29 is 14.0 Å². The molecule has 2 aromatic carbocycles. The minimum Gasteiger partial charge on any atom is -0.350 e. The molecular formula is C19H20BrFN2O2. The molecular weight excluding hydrogens is 387 g/mol. The van der Waals surface area contributed by atoms with Gasteiger partial charge >= 0.3 is 0 Å². The summed E-state index contributed by atoms with van der Waals surface area (Å²) >= 11 is 3.24. The van der Waals surface area contributed by atoms with Crippen LogP contribution in [0.4, 0.5) is 4.39 Å². The zero-order valence-corrected chi connectivity index (χ0v) is 15.7. The highest BCUT2D eigenvalue weighted by Gasteiger charge is 2.12. The van der Waals surface area contributed by atoms with Gasteiger partial charge in [0.2, 0.25) is 0 Å². The van der Waals surface area contributed by atoms with E-state index in [0.29, 0.717) is 10.0 Å². The van der Waals surface area contributed by atoms with Gasteiger partial charge in [0.05, 0.1) is 5.56 Å². The van der Waals surface area contributed by atoms with Crippen molar-refractivity contribution in [3.05, 3.63) is 69.4 Å². The van der Waals surface area contributed by atoms with E-state index >= 15 is 0 Å². The fraction of sp³-hybridized carbons (Fsp3) is 0.263. The molecule has 132 valence electrons. The molecule has 0 spiro atoms. The van der Waals surface area contributed by atoms with Crippen LogP contribution in [-0.4, -0.2) is 17.9 Å². The molecule has 6 heteroatoms. The predicted molar refractivity (Wildman–Crippen MR) is 98.9 cm³/mol. The van der Waals surface area contributed by atoms with Gasteiger partial charge in [-0.3, -0.25) is 9.59 Å². The molecule has 2 aromatic rings. The Hall–Kier alpha value is -2.21. The molecule has 1 atom stereocenters. The maximum Gasteiger partial charge on any atom is 0.252 e. The second kappa shape index (κ2) is 8.76. The van der Waals surface area contributed by atoms with Crippen molar-refractivity contribution in [1.29, 1.82) is 0 Å². The molecule has 2 amide bonds. The van der Waals surface area contributed by atoms with Gasteiger partial charge in [-0.05, 0) is 65.2 Å². The van der Waals surface area contributed by atoms with Crippen molar-refractivity contribution in [2.75, 3.05) is 0 Å². The lowest BCUT2D eigenvalue weighted by atomic mass is 10.1. The fourth-order valence-electron chi connectivity index (χ4n) is 2.18. The number of carbonyl (C=O) groups excluding carboxylic acids is 2. The summed E-state index contributed by atoms with van der Waals surface area (Å²) in [6.45, 7) is 4.19. The fourth-order valence-corrected chi connectivity index (χ4v) is 2.61. The Balaban J connectivity index is 2.03. The highest BCUT2D eigenvalue weighted by molar-refractivity contribution is 9.10. The Labute approximate surface area is 154 Å². The molecule has 0 aromatic heterocycles. The summed E-state index contributed by atoms with van der Waals surface area (Å²) in [6.07, 6.45) is 0.851. The second-order valence-electron chi connectivity index (χ2n) is 5.79. The number of amides is 2. The molecule has 0 radical (unpaired) electrons. The normalized spacial score (nSPS) is 11.7. The summed E-state index contributed by atoms with van der Waals surface area (Å²) in [5, 5.41) is 5.64. The highest BCUT2D eigenvalue weighted by Crippen LogP contribution is 2.18. The van der Waals surface area contributed by atoms with E-state index in [-0.39, 0.29) is 30.0 Å². The summed E-state index contributed by atoms with van der Waals surface area (Å²) in [5.74, 6) is -1.01. The number of nitrogens with one attached hydrogen (secondary N) is 2. The van der Waals surface area contributed by atoms with Crippen molar-refractivity contribution >= 4 is 27.7 Å². The summed E-state index contributed by atoms with van der Waals surface area (Å²) < 4.78 is 13.8. The second-order valence-corrected chi connectivity index (χ2v) is 6.64. The maximum atomic E-state index is 13.3. The molecule has 2 N–H and O–H groups in total. The number of benzene rings is 2. The molecule has 25 heavy (non-hydrogen) atoms. The van der Waals surface area contributed by atoms with E-state index in [1.54, 1.807) is 18.2 Å². The third-order valence-electron chi connectivity index (χ3n) is 3.81. The van der Waals surface area contributed by atoms with Crippen molar-refractivity contribution in [3.63, 3.8) is 0 Å². The number of hydrogen-bond acceptors (Lipinski definition) is 2. The zero-order valence-electron chi connectivity index (χ0n) is 14.1. The van der Waals surface area contributed by atoms with Crippen molar-refractivity contribution in [3.8, 4) is 0 Å². The van der Waals surface area contributed by atoms with Gasteiger partial charge in [-0.1, -0.05) is 19.1 Å². The third-order valence-corrected chi connectivity index (χ3v) is 4.50. The Kier molecular flexibility index (Phi) is 6.70. The van der Waals surface area contributed by atoms with E-state index in [2.05, 4.69) is 26.6 Å². The SMILES string of the molecule is CCC(C)NC(=O)c1cccc(CNC(=O)c2cc(F)ccc2Br)c1. The Morgan fingerprint density at radius 2 is 1.92 bits per heavy atom. The van der Waals surface area contributed by atoms with Crippen LogP contribution in [0.2, 0.25) is 0 Å². The Morgan fingerprint density at radius 3 is 2.64 bits per heavy atom. The molecule has 0 saturated heterocycles. The van der Waals surface area contributed by atoms with E-state index in [1.165, 1.54) is 18.2 Å². The van der Waals surface area contributed by atoms with Crippen LogP contribution < -0.4 is 10.6 Å². The molecule has 2 rings (SSSR count). The number of hydrogen-bond donors (Lipinski definition) is 2. The standard InChI is InChI=1S/C19H20BrFN2O2/c1-3-12(2)23-18(24)14-6-4-5-13(9-14)11-22-19(25)16-10-15(21)7-8-17(16)20/h4-10,12H,3,11H2,1-2H3,(H,22,25)(H,23,24). The Bertz CT molecular complexity index is 780. The first kappa shape index (κ1) is 19.1. The molecule has 0 aliphatic heterocycles. The third kappa shape index (κ3) is 5.39. The monoisotopic (exact) mass is 406 g/mol. The molecule has 0 saturated carbocycles. The van der Waals surface area contributed by atoms with Gasteiger partial charge in [-0.2, -0.15) is 0 Å². The molecule has 0 bridgehead atoms. The summed E-state index contributed by atoms with van der Waals surface area (Å²) in [5.41, 5.74) is 1.56. The van der Waals surface area contributed by atoms with Gasteiger partial charge in [-0.15, -0.1) is 0 Å². The number of carbonyl (C=O) groups is 2. The lowest BCUT2D eigenvalue weighted by Gasteiger charge is -2.12. The highest BCUT2D eigenvalue weighted by atomic mass is 79.9. The molecule has 1 unspecified atom stereocenters. The van der Waals surface area contributed by atoms with Crippen LogP contribution in [0.3, 0.4) is 0 Å². The van der Waals surface area contributed by atoms with Gasteiger partial charge in [0.25, 0.3) is 11.8 Å². The van der Waals surface area contributed by atoms with Crippen LogP contribution in [0.5, 0.6) is 0 Å². The van der Waals surface area contributed by atoms with E-state index < -0.39 is 5.82 Å². The summed E-state index contributed by atoms with van der Waals surface area (Å²) in [7, 11) is 0. The average molecular weight is 407 g/mol. The van der Waals surface area contributed by atoms with E-state index in [9.17, 15) is 14.0 Å². The predicted octanol–water partition coefficient (Wildman–Crippen LogP) is 4.05. The van der Waals surface area contributed by atoms with Gasteiger partial charge in [0.1, 0.15) is 5.82 Å². The van der Waals surface area contributed by atoms with Gasteiger partial charge in [0, 0.05) is 22.6 Å². The van der Waals surface area contributed by atoms with Crippen molar-refractivity contribution in [1.82, 2.24) is 10.6 Å². The van der Waals surface area contributed by atoms with Crippen LogP contribution in [0.1, 0.15) is 46.5 Å². The van der Waals surface area contributed by atoms with Gasteiger partial charge < -0.3 is 10.6 Å². The largest absolute Gasteiger partial charge is 0.350 e. The van der Waals surface area contributed by atoms with Crippen LogP contribution in [-0.2, 0) is 6.54 Å². The summed E-state index contributed by atoms with van der Waals surface area (Å²) in [4.78, 5) is 24.4. The quantitative estimate of drug-likeness (QED) is 0.759. The lowest BCUT2D eigenvalue weighted by Crippen LogP contribution is -2.32. The first-order valence-corrected chi connectivity index (χ1v) is 8.83. The first-order chi connectivity index (χ1) is 11.9. The van der Waals surface area contributed by atoms with Crippen molar-refractivity contribution in [2.45, 2.75) is 32.9 Å². The average Bonchev–Trinajstić information content (AvgIpc) is 2.61. The lowest BCUT2D eigenvalue weighted by molar-refractivity contribution is 0.0936. The van der Waals surface area contributed by atoms with Crippen LogP contribution in [0, 0.1) is 5.82 Å². The zero-order chi connectivity index (χ0) is 18.4. The van der Waals surface area contributed by atoms with Crippen LogP contribution in [0.25, 0.3) is 0 Å². The van der Waals surface area contributed by atoms with Gasteiger partial charge in [-0.25, -0.2) is 4.39 Å². The van der Waals surface area contributed by atoms with Gasteiger partial charge in [0.15, 0.2) is 0 Å².